The molecule has 0 fully saturated rings. The minimum absolute atomic E-state index is 0.0608. The monoisotopic (exact) mass is 446 g/mol. The quantitative estimate of drug-likeness (QED) is 0.461. The van der Waals surface area contributed by atoms with Crippen molar-refractivity contribution < 1.29 is 22.7 Å². The van der Waals surface area contributed by atoms with Crippen molar-refractivity contribution in [3.05, 3.63) is 77.7 Å². The van der Waals surface area contributed by atoms with Crippen molar-refractivity contribution in [2.45, 2.75) is 12.8 Å². The van der Waals surface area contributed by atoms with Gasteiger partial charge < -0.3 is 10.1 Å². The van der Waals surface area contributed by atoms with E-state index >= 15 is 0 Å². The molecule has 2 heterocycles. The molecule has 31 heavy (non-hydrogen) atoms. The van der Waals surface area contributed by atoms with Crippen LogP contribution in [0.5, 0.6) is 5.75 Å². The molecule has 2 aromatic heterocycles. The number of hydrogen-bond donors (Lipinski definition) is 1. The van der Waals surface area contributed by atoms with Crippen molar-refractivity contribution in [3.63, 3.8) is 0 Å². The fourth-order valence-corrected chi connectivity index (χ4v) is 3.20. The first-order valence-corrected chi connectivity index (χ1v) is 9.38. The molecule has 158 valence electrons. The summed E-state index contributed by atoms with van der Waals surface area (Å²) in [6.07, 6.45) is -1.46. The lowest BCUT2D eigenvalue weighted by Gasteiger charge is -2.12. The zero-order valence-electron chi connectivity index (χ0n) is 15.7. The number of carbonyl (C=O) groups is 1. The van der Waals surface area contributed by atoms with E-state index in [0.29, 0.717) is 0 Å². The maximum Gasteiger partial charge on any atom is 0.573 e. The molecule has 10 heteroatoms. The molecule has 0 aliphatic carbocycles. The van der Waals surface area contributed by atoms with Crippen molar-refractivity contribution in [3.8, 4) is 16.9 Å². The van der Waals surface area contributed by atoms with E-state index < -0.39 is 12.1 Å². The van der Waals surface area contributed by atoms with Gasteiger partial charge in [0.1, 0.15) is 12.1 Å². The van der Waals surface area contributed by atoms with Crippen molar-refractivity contribution in [1.29, 1.82) is 0 Å². The minimum atomic E-state index is -4.82. The van der Waals surface area contributed by atoms with Crippen molar-refractivity contribution >= 4 is 28.8 Å². The molecule has 1 N–H and O–H groups in total. The number of hydrogen-bond acceptors (Lipinski definition) is 4. The van der Waals surface area contributed by atoms with Crippen LogP contribution in [0.1, 0.15) is 5.56 Å². The first kappa shape index (κ1) is 20.7. The highest BCUT2D eigenvalue weighted by Crippen LogP contribution is 2.30. The molecule has 0 atom stereocenters. The van der Waals surface area contributed by atoms with Gasteiger partial charge in [-0.15, -0.1) is 13.2 Å². The van der Waals surface area contributed by atoms with E-state index in [9.17, 15) is 18.0 Å². The first-order chi connectivity index (χ1) is 14.8. The van der Waals surface area contributed by atoms with E-state index in [4.69, 9.17) is 11.6 Å². The van der Waals surface area contributed by atoms with Crippen LogP contribution in [-0.2, 0) is 11.2 Å². The highest BCUT2D eigenvalue weighted by Gasteiger charge is 2.31. The molecule has 0 saturated heterocycles. The molecule has 0 unspecified atom stereocenters. The van der Waals surface area contributed by atoms with E-state index in [1.54, 1.807) is 4.52 Å². The number of halogens is 4. The molecular formula is C21H14ClF3N4O2. The zero-order valence-corrected chi connectivity index (χ0v) is 16.5. The second-order valence-electron chi connectivity index (χ2n) is 6.59. The third kappa shape index (κ3) is 5.13. The largest absolute Gasteiger partial charge is 0.573 e. The number of nitrogens with zero attached hydrogens (tertiary/aromatic N) is 3. The predicted octanol–water partition coefficient (Wildman–Crippen LogP) is 5.13. The van der Waals surface area contributed by atoms with Crippen LogP contribution in [0.3, 0.4) is 0 Å². The van der Waals surface area contributed by atoms with Gasteiger partial charge in [-0.2, -0.15) is 5.10 Å². The number of fused-ring (bicyclic) bond motifs is 1. The lowest BCUT2D eigenvalue weighted by Crippen LogP contribution is -2.17. The van der Waals surface area contributed by atoms with Crippen molar-refractivity contribution in [2.75, 3.05) is 5.32 Å². The Bertz CT molecular complexity index is 1240. The summed E-state index contributed by atoms with van der Waals surface area (Å²) < 4.78 is 42.3. The van der Waals surface area contributed by atoms with Crippen LogP contribution in [0, 0.1) is 0 Å². The van der Waals surface area contributed by atoms with Gasteiger partial charge in [0.2, 0.25) is 5.91 Å². The number of aromatic nitrogens is 3. The van der Waals surface area contributed by atoms with Gasteiger partial charge in [0.25, 0.3) is 0 Å². The van der Waals surface area contributed by atoms with Gasteiger partial charge in [-0.1, -0.05) is 35.9 Å². The number of ether oxygens (including phenoxy) is 1. The number of anilines is 1. The summed E-state index contributed by atoms with van der Waals surface area (Å²) in [5.74, 6) is -0.820. The standard InChI is InChI=1S/C21H14ClF3N4O2/c22-17-11-16(31-21(23,24)25)5-6-18(17)28-20(30)9-13-1-3-14(4-2-13)15-7-8-29-19(10-15)26-12-27-29/h1-8,10-12H,9H2,(H,28,30). The van der Waals surface area contributed by atoms with Crippen LogP contribution in [-0.4, -0.2) is 26.9 Å². The van der Waals surface area contributed by atoms with E-state index in [-0.39, 0.29) is 23.0 Å². The van der Waals surface area contributed by atoms with Crippen LogP contribution in [0.4, 0.5) is 18.9 Å². The van der Waals surface area contributed by atoms with Crippen LogP contribution >= 0.6 is 11.6 Å². The topological polar surface area (TPSA) is 68.5 Å². The normalized spacial score (nSPS) is 11.5. The Morgan fingerprint density at radius 1 is 1.06 bits per heavy atom. The molecular weight excluding hydrogens is 433 g/mol. The lowest BCUT2D eigenvalue weighted by molar-refractivity contribution is -0.274. The molecule has 0 aliphatic rings. The van der Waals surface area contributed by atoms with E-state index in [0.717, 1.165) is 34.5 Å². The van der Waals surface area contributed by atoms with Crippen LogP contribution in [0.15, 0.2) is 67.1 Å². The summed E-state index contributed by atoms with van der Waals surface area (Å²) in [7, 11) is 0. The fraction of sp³-hybridized carbons (Fsp3) is 0.0952. The SMILES string of the molecule is O=C(Cc1ccc(-c2ccn3ncnc3c2)cc1)Nc1ccc(OC(F)(F)F)cc1Cl. The second-order valence-corrected chi connectivity index (χ2v) is 7.00. The maximum absolute atomic E-state index is 12.3. The van der Waals surface area contributed by atoms with Crippen LogP contribution in [0.25, 0.3) is 16.8 Å². The molecule has 0 radical (unpaired) electrons. The number of carbonyl (C=O) groups excluding carboxylic acids is 1. The molecule has 0 saturated carbocycles. The second kappa shape index (κ2) is 8.27. The Kier molecular flexibility index (Phi) is 5.51. The highest BCUT2D eigenvalue weighted by molar-refractivity contribution is 6.33. The van der Waals surface area contributed by atoms with Gasteiger partial charge in [-0.05, 0) is 41.0 Å². The molecule has 2 aromatic carbocycles. The van der Waals surface area contributed by atoms with Gasteiger partial charge in [0.15, 0.2) is 5.65 Å². The van der Waals surface area contributed by atoms with Gasteiger partial charge in [-0.25, -0.2) is 9.50 Å². The number of benzene rings is 2. The average molecular weight is 447 g/mol. The van der Waals surface area contributed by atoms with Crippen molar-refractivity contribution in [1.82, 2.24) is 14.6 Å². The molecule has 0 aliphatic heterocycles. The zero-order chi connectivity index (χ0) is 22.0. The van der Waals surface area contributed by atoms with E-state index in [1.165, 1.54) is 12.4 Å². The Balaban J connectivity index is 1.40. The average Bonchev–Trinajstić information content (AvgIpc) is 3.17. The number of amides is 1. The molecule has 6 nitrogen and oxygen atoms in total. The number of alkyl halides is 3. The third-order valence-corrected chi connectivity index (χ3v) is 4.69. The minimum Gasteiger partial charge on any atom is -0.406 e. The molecule has 4 aromatic rings. The van der Waals surface area contributed by atoms with E-state index in [2.05, 4.69) is 20.1 Å². The molecule has 0 bridgehead atoms. The van der Waals surface area contributed by atoms with Crippen LogP contribution < -0.4 is 10.1 Å². The number of pyridine rings is 1. The summed E-state index contributed by atoms with van der Waals surface area (Å²) in [6.45, 7) is 0. The number of rotatable bonds is 5. The molecule has 4 rings (SSSR count). The van der Waals surface area contributed by atoms with Gasteiger partial charge in [-0.3, -0.25) is 4.79 Å². The van der Waals surface area contributed by atoms with Gasteiger partial charge in [0, 0.05) is 12.3 Å². The third-order valence-electron chi connectivity index (χ3n) is 4.38. The lowest BCUT2D eigenvalue weighted by atomic mass is 10.0. The Morgan fingerprint density at radius 3 is 2.55 bits per heavy atom. The Morgan fingerprint density at radius 2 is 1.84 bits per heavy atom. The first-order valence-electron chi connectivity index (χ1n) is 9.01. The highest BCUT2D eigenvalue weighted by atomic mass is 35.5. The number of nitrogens with one attached hydrogen (secondary N) is 1. The fourth-order valence-electron chi connectivity index (χ4n) is 2.98. The summed E-state index contributed by atoms with van der Waals surface area (Å²) in [5, 5.41) is 6.58. The summed E-state index contributed by atoms with van der Waals surface area (Å²) in [6, 6.07) is 14.6. The Labute approximate surface area is 179 Å². The van der Waals surface area contributed by atoms with E-state index in [1.807, 2.05) is 42.6 Å². The van der Waals surface area contributed by atoms with Crippen LogP contribution in [0.2, 0.25) is 5.02 Å². The molecule has 0 spiro atoms. The maximum atomic E-state index is 12.3. The summed E-state index contributed by atoms with van der Waals surface area (Å²) in [4.78, 5) is 16.5. The summed E-state index contributed by atoms with van der Waals surface area (Å²) in [5.41, 5.74) is 3.60. The van der Waals surface area contributed by atoms with Gasteiger partial charge in [0.05, 0.1) is 17.1 Å². The predicted molar refractivity (Wildman–Crippen MR) is 109 cm³/mol. The summed E-state index contributed by atoms with van der Waals surface area (Å²) >= 11 is 5.95. The van der Waals surface area contributed by atoms with Crippen molar-refractivity contribution in [2.24, 2.45) is 0 Å². The molecule has 1 amide bonds. The smallest absolute Gasteiger partial charge is 0.406 e. The van der Waals surface area contributed by atoms with Gasteiger partial charge >= 0.3 is 6.36 Å². The Hall–Kier alpha value is -3.59.